The van der Waals surface area contributed by atoms with Crippen molar-refractivity contribution >= 4 is 17.4 Å². The topological polar surface area (TPSA) is 69.6 Å². The number of nitrogen functional groups attached to an aromatic ring is 1. The molecule has 15 heavy (non-hydrogen) atoms. The predicted molar refractivity (Wildman–Crippen MR) is 55.3 cm³/mol. The van der Waals surface area contributed by atoms with Crippen LogP contribution in [0.1, 0.15) is 5.69 Å². The summed E-state index contributed by atoms with van der Waals surface area (Å²) in [5, 5.41) is 0. The van der Waals surface area contributed by atoms with Gasteiger partial charge in [-0.05, 0) is 12.1 Å². The van der Waals surface area contributed by atoms with E-state index >= 15 is 0 Å². The number of pyridine rings is 1. The zero-order valence-electron chi connectivity index (χ0n) is 8.30. The lowest BCUT2D eigenvalue weighted by molar-refractivity contribution is -0.139. The number of ether oxygens (including phenoxy) is 1. The second-order valence-corrected chi connectivity index (χ2v) is 3.16. The molecule has 2 aromatic heterocycles. The van der Waals surface area contributed by atoms with Gasteiger partial charge in [-0.15, -0.1) is 0 Å². The first kappa shape index (κ1) is 9.51. The molecule has 0 radical (unpaired) electrons. The van der Waals surface area contributed by atoms with Crippen molar-refractivity contribution in [2.75, 3.05) is 12.8 Å². The zero-order valence-corrected chi connectivity index (χ0v) is 8.30. The SMILES string of the molecule is COC(=O)Cc1cn2c(N)cccc2n1. The first-order valence-electron chi connectivity index (χ1n) is 4.50. The smallest absolute Gasteiger partial charge is 0.311 e. The van der Waals surface area contributed by atoms with Gasteiger partial charge in [0.05, 0.1) is 19.2 Å². The number of nitrogens with two attached hydrogens (primary N) is 1. The average molecular weight is 205 g/mol. The van der Waals surface area contributed by atoms with Gasteiger partial charge in [-0.3, -0.25) is 9.20 Å². The van der Waals surface area contributed by atoms with Gasteiger partial charge >= 0.3 is 5.97 Å². The molecule has 0 saturated heterocycles. The van der Waals surface area contributed by atoms with Gasteiger partial charge in [-0.2, -0.15) is 0 Å². The Balaban J connectivity index is 2.39. The number of methoxy groups -OCH3 is 1. The van der Waals surface area contributed by atoms with E-state index in [0.717, 1.165) is 5.65 Å². The molecule has 0 fully saturated rings. The van der Waals surface area contributed by atoms with Crippen molar-refractivity contribution in [3.63, 3.8) is 0 Å². The van der Waals surface area contributed by atoms with Gasteiger partial charge in [-0.25, -0.2) is 4.98 Å². The van der Waals surface area contributed by atoms with Crippen molar-refractivity contribution in [1.82, 2.24) is 9.38 Å². The summed E-state index contributed by atoms with van der Waals surface area (Å²) in [6, 6.07) is 5.42. The molecular weight excluding hydrogens is 194 g/mol. The zero-order chi connectivity index (χ0) is 10.8. The minimum absolute atomic E-state index is 0.164. The quantitative estimate of drug-likeness (QED) is 0.730. The Hall–Kier alpha value is -2.04. The van der Waals surface area contributed by atoms with Crippen LogP contribution in [0.5, 0.6) is 0 Å². The highest BCUT2D eigenvalue weighted by atomic mass is 16.5. The van der Waals surface area contributed by atoms with Crippen LogP contribution in [-0.4, -0.2) is 22.5 Å². The van der Waals surface area contributed by atoms with E-state index in [2.05, 4.69) is 9.72 Å². The summed E-state index contributed by atoms with van der Waals surface area (Å²) in [5.74, 6) is 0.285. The average Bonchev–Trinajstić information content (AvgIpc) is 2.62. The number of nitrogens with zero attached hydrogens (tertiary/aromatic N) is 2. The minimum Gasteiger partial charge on any atom is -0.469 e. The van der Waals surface area contributed by atoms with Gasteiger partial charge in [-0.1, -0.05) is 6.07 Å². The van der Waals surface area contributed by atoms with Crippen molar-refractivity contribution in [3.05, 3.63) is 30.1 Å². The second kappa shape index (κ2) is 3.61. The highest BCUT2D eigenvalue weighted by molar-refractivity contribution is 5.72. The molecule has 0 unspecified atom stereocenters. The Morgan fingerprint density at radius 2 is 2.40 bits per heavy atom. The van der Waals surface area contributed by atoms with Crippen molar-refractivity contribution < 1.29 is 9.53 Å². The molecule has 0 atom stereocenters. The fourth-order valence-corrected chi connectivity index (χ4v) is 1.39. The monoisotopic (exact) mass is 205 g/mol. The Labute approximate surface area is 86.5 Å². The van der Waals surface area contributed by atoms with Gasteiger partial charge in [0, 0.05) is 6.20 Å². The van der Waals surface area contributed by atoms with Crippen LogP contribution in [0.2, 0.25) is 0 Å². The van der Waals surface area contributed by atoms with E-state index in [1.54, 1.807) is 16.7 Å². The van der Waals surface area contributed by atoms with E-state index in [-0.39, 0.29) is 12.4 Å². The number of carbonyl (C=O) groups excluding carboxylic acids is 1. The van der Waals surface area contributed by atoms with Crippen LogP contribution in [0, 0.1) is 0 Å². The number of carbonyl (C=O) groups is 1. The predicted octanol–water partition coefficient (Wildman–Crippen LogP) is 0.632. The first-order valence-corrected chi connectivity index (χ1v) is 4.50. The molecule has 5 nitrogen and oxygen atoms in total. The molecule has 2 aromatic rings. The van der Waals surface area contributed by atoms with E-state index in [1.165, 1.54) is 7.11 Å². The maximum atomic E-state index is 11.0. The highest BCUT2D eigenvalue weighted by Gasteiger charge is 2.07. The highest BCUT2D eigenvalue weighted by Crippen LogP contribution is 2.10. The third-order valence-electron chi connectivity index (χ3n) is 2.13. The van der Waals surface area contributed by atoms with Crippen molar-refractivity contribution in [1.29, 1.82) is 0 Å². The molecule has 0 aliphatic rings. The molecule has 0 aliphatic heterocycles. The van der Waals surface area contributed by atoms with Crippen molar-refractivity contribution in [2.45, 2.75) is 6.42 Å². The van der Waals surface area contributed by atoms with Crippen molar-refractivity contribution in [3.8, 4) is 0 Å². The minimum atomic E-state index is -0.308. The van der Waals surface area contributed by atoms with E-state index in [0.29, 0.717) is 11.5 Å². The lowest BCUT2D eigenvalue weighted by Crippen LogP contribution is -2.04. The molecule has 0 aromatic carbocycles. The van der Waals surface area contributed by atoms with Crippen LogP contribution in [0.15, 0.2) is 24.4 Å². The summed E-state index contributed by atoms with van der Waals surface area (Å²) in [6.07, 6.45) is 1.90. The normalized spacial score (nSPS) is 10.5. The summed E-state index contributed by atoms with van der Waals surface area (Å²) in [4.78, 5) is 15.3. The van der Waals surface area contributed by atoms with Crippen LogP contribution in [-0.2, 0) is 16.0 Å². The summed E-state index contributed by atoms with van der Waals surface area (Å²) in [5.41, 5.74) is 7.12. The molecule has 0 spiro atoms. The third kappa shape index (κ3) is 1.76. The van der Waals surface area contributed by atoms with Crippen LogP contribution < -0.4 is 5.73 Å². The molecule has 0 amide bonds. The van der Waals surface area contributed by atoms with Crippen LogP contribution in [0.3, 0.4) is 0 Å². The molecule has 78 valence electrons. The van der Waals surface area contributed by atoms with Crippen molar-refractivity contribution in [2.24, 2.45) is 0 Å². The largest absolute Gasteiger partial charge is 0.469 e. The van der Waals surface area contributed by atoms with Crippen LogP contribution in [0.25, 0.3) is 5.65 Å². The number of anilines is 1. The lowest BCUT2D eigenvalue weighted by atomic mass is 10.3. The number of esters is 1. The van der Waals surface area contributed by atoms with E-state index in [1.807, 2.05) is 12.1 Å². The third-order valence-corrected chi connectivity index (χ3v) is 2.13. The summed E-state index contributed by atoms with van der Waals surface area (Å²) in [6.45, 7) is 0. The van der Waals surface area contributed by atoms with Gasteiger partial charge in [0.1, 0.15) is 11.5 Å². The second-order valence-electron chi connectivity index (χ2n) is 3.16. The van der Waals surface area contributed by atoms with Gasteiger partial charge < -0.3 is 10.5 Å². The molecule has 0 saturated carbocycles. The number of imidazole rings is 1. The molecule has 0 aliphatic carbocycles. The van der Waals surface area contributed by atoms with Crippen LogP contribution >= 0.6 is 0 Å². The maximum Gasteiger partial charge on any atom is 0.311 e. The van der Waals surface area contributed by atoms with Gasteiger partial charge in [0.25, 0.3) is 0 Å². The molecule has 5 heteroatoms. The molecular formula is C10H11N3O2. The van der Waals surface area contributed by atoms with E-state index < -0.39 is 0 Å². The Bertz CT molecular complexity index is 504. The van der Waals surface area contributed by atoms with E-state index in [4.69, 9.17) is 5.73 Å². The van der Waals surface area contributed by atoms with Gasteiger partial charge in [0.2, 0.25) is 0 Å². The fraction of sp³-hybridized carbons (Fsp3) is 0.200. The summed E-state index contributed by atoms with van der Waals surface area (Å²) < 4.78 is 6.30. The molecule has 2 N–H and O–H groups in total. The van der Waals surface area contributed by atoms with E-state index in [9.17, 15) is 4.79 Å². The first-order chi connectivity index (χ1) is 7.20. The number of hydrogen-bond acceptors (Lipinski definition) is 4. The molecule has 2 heterocycles. The fourth-order valence-electron chi connectivity index (χ4n) is 1.39. The maximum absolute atomic E-state index is 11.0. The number of rotatable bonds is 2. The van der Waals surface area contributed by atoms with Gasteiger partial charge in [0.15, 0.2) is 0 Å². The lowest BCUT2D eigenvalue weighted by Gasteiger charge is -1.95. The molecule has 0 bridgehead atoms. The van der Waals surface area contributed by atoms with Crippen LogP contribution in [0.4, 0.5) is 5.82 Å². The Kier molecular flexibility index (Phi) is 2.29. The standard InChI is InChI=1S/C10H11N3O2/c1-15-10(14)5-7-6-13-8(11)3-2-4-9(13)12-7/h2-4,6H,5,11H2,1H3. The summed E-state index contributed by atoms with van der Waals surface area (Å²) >= 11 is 0. The number of fused-ring (bicyclic) bond motifs is 1. The summed E-state index contributed by atoms with van der Waals surface area (Å²) in [7, 11) is 1.35. The Morgan fingerprint density at radius 1 is 1.60 bits per heavy atom. The number of aromatic nitrogens is 2. The molecule has 2 rings (SSSR count). The Morgan fingerprint density at radius 3 is 3.07 bits per heavy atom. The number of hydrogen-bond donors (Lipinski definition) is 1.